The third kappa shape index (κ3) is 36.7. The van der Waals surface area contributed by atoms with Crippen LogP contribution in [0, 0.1) is 5.92 Å². The molecule has 3 amide bonds. The molecule has 0 spiro atoms. The topological polar surface area (TPSA) is 253 Å². The first kappa shape index (κ1) is 54.3. The third-order valence-corrected chi connectivity index (χ3v) is 9.20. The number of carbonyl (C=O) groups excluding carboxylic acids is 4. The fourth-order valence-electron chi connectivity index (χ4n) is 5.92. The van der Waals surface area contributed by atoms with Crippen LogP contribution < -0.4 is 16.0 Å². The summed E-state index contributed by atoms with van der Waals surface area (Å²) in [6, 6.07) is -1.11. The Morgan fingerprint density at radius 2 is 1.00 bits per heavy atom. The van der Waals surface area contributed by atoms with Gasteiger partial charge in [-0.15, -0.1) is 0 Å². The van der Waals surface area contributed by atoms with Gasteiger partial charge in [-0.25, -0.2) is 4.79 Å². The molecular weight excluding hydrogens is 758 g/mol. The van der Waals surface area contributed by atoms with Crippen molar-refractivity contribution in [2.75, 3.05) is 65.9 Å². The number of rotatable bonds is 43. The Hall–Kier alpha value is -3.67. The van der Waals surface area contributed by atoms with E-state index in [1.54, 1.807) is 0 Å². The molecule has 336 valence electrons. The smallest absolute Gasteiger partial charge is 0.326 e. The van der Waals surface area contributed by atoms with E-state index in [2.05, 4.69) is 16.0 Å². The molecule has 0 aromatic heterocycles. The molecule has 0 bridgehead atoms. The van der Waals surface area contributed by atoms with Crippen LogP contribution in [0.3, 0.4) is 0 Å². The third-order valence-electron chi connectivity index (χ3n) is 9.20. The Kier molecular flexibility index (Phi) is 36.4. The van der Waals surface area contributed by atoms with E-state index in [0.717, 1.165) is 70.6 Å². The fraction of sp³-hybridized carbons (Fsp3) is 0.829. The quantitative estimate of drug-likeness (QED) is 0.0466. The number of amides is 3. The van der Waals surface area contributed by atoms with Crippen molar-refractivity contribution in [2.24, 2.45) is 5.92 Å². The highest BCUT2D eigenvalue weighted by Gasteiger charge is 2.21. The number of aliphatic carboxylic acids is 3. The maximum Gasteiger partial charge on any atom is 0.326 e. The largest absolute Gasteiger partial charge is 0.481 e. The first-order valence-corrected chi connectivity index (χ1v) is 21.3. The number of hydrogen-bond acceptors (Lipinski definition) is 11. The lowest BCUT2D eigenvalue weighted by atomic mass is 9.97. The van der Waals surface area contributed by atoms with Crippen LogP contribution in [0.4, 0.5) is 0 Å². The first-order chi connectivity index (χ1) is 28.0. The molecule has 0 aromatic rings. The van der Waals surface area contributed by atoms with Gasteiger partial charge >= 0.3 is 17.9 Å². The van der Waals surface area contributed by atoms with Gasteiger partial charge in [-0.3, -0.25) is 28.8 Å². The second-order valence-corrected chi connectivity index (χ2v) is 14.4. The van der Waals surface area contributed by atoms with Crippen LogP contribution >= 0.6 is 0 Å². The Labute approximate surface area is 344 Å². The van der Waals surface area contributed by atoms with Gasteiger partial charge in [-0.05, 0) is 44.9 Å². The monoisotopic (exact) mass is 832 g/mol. The van der Waals surface area contributed by atoms with E-state index < -0.39 is 23.9 Å². The zero-order chi connectivity index (χ0) is 43.1. The average Bonchev–Trinajstić information content (AvgIpc) is 3.17. The number of ketones is 1. The zero-order valence-corrected chi connectivity index (χ0v) is 34.9. The SMILES string of the molecule is CCC[C@@H](CCCCNC(=O)COCCOCCNC(=O)COCCOCCCC(=O)CC[C@H](NC(=O)CCCCCCCCCCCCC(=O)O)C(=O)O)C(=O)O. The van der Waals surface area contributed by atoms with Gasteiger partial charge in [0, 0.05) is 45.4 Å². The van der Waals surface area contributed by atoms with Crippen LogP contribution in [0.1, 0.15) is 142 Å². The van der Waals surface area contributed by atoms with E-state index in [-0.39, 0.29) is 114 Å². The van der Waals surface area contributed by atoms with Gasteiger partial charge in [-0.2, -0.15) is 0 Å². The van der Waals surface area contributed by atoms with E-state index in [4.69, 9.17) is 24.1 Å². The summed E-state index contributed by atoms with van der Waals surface area (Å²) in [6.07, 6.45) is 14.4. The second kappa shape index (κ2) is 38.8. The summed E-state index contributed by atoms with van der Waals surface area (Å²) in [5.41, 5.74) is 0. The average molecular weight is 832 g/mol. The van der Waals surface area contributed by atoms with E-state index in [1.165, 1.54) is 0 Å². The van der Waals surface area contributed by atoms with Gasteiger partial charge in [0.05, 0.1) is 39.0 Å². The van der Waals surface area contributed by atoms with Crippen LogP contribution in [0.2, 0.25) is 0 Å². The van der Waals surface area contributed by atoms with Crippen LogP contribution in [0.25, 0.3) is 0 Å². The highest BCUT2D eigenvalue weighted by atomic mass is 16.5. The summed E-state index contributed by atoms with van der Waals surface area (Å²) in [5, 5.41) is 35.2. The molecule has 0 aliphatic rings. The minimum atomic E-state index is -1.17. The standard InChI is InChI=1S/C41H73N3O14/c1-2-16-33(40(51)52)17-13-14-23-42-37(47)31-58-30-28-56-26-24-43-38(48)32-57-29-27-55-25-15-18-34(45)21-22-35(41(53)54)44-36(46)19-11-9-7-5-3-4-6-8-10-12-20-39(49)50/h33,35H,2-32H2,1H3,(H,42,47)(H,43,48)(H,44,46)(H,49,50)(H,51,52)(H,53,54)/t33-,35-/m0/s1. The molecule has 6 N–H and O–H groups in total. The number of carboxylic acid groups (broad SMARTS) is 3. The van der Waals surface area contributed by atoms with Crippen LogP contribution in [0.15, 0.2) is 0 Å². The molecule has 0 unspecified atom stereocenters. The summed E-state index contributed by atoms with van der Waals surface area (Å²) in [6.45, 7) is 3.90. The number of carbonyl (C=O) groups is 7. The number of carboxylic acids is 3. The van der Waals surface area contributed by atoms with Crippen molar-refractivity contribution in [2.45, 2.75) is 148 Å². The predicted octanol–water partition coefficient (Wildman–Crippen LogP) is 4.42. The number of nitrogens with one attached hydrogen (secondary N) is 3. The number of hydrogen-bond donors (Lipinski definition) is 6. The summed E-state index contributed by atoms with van der Waals surface area (Å²) in [4.78, 5) is 81.6. The summed E-state index contributed by atoms with van der Waals surface area (Å²) < 4.78 is 21.4. The molecule has 0 heterocycles. The summed E-state index contributed by atoms with van der Waals surface area (Å²) in [7, 11) is 0. The molecule has 0 radical (unpaired) electrons. The van der Waals surface area contributed by atoms with Gasteiger partial charge in [0.2, 0.25) is 17.7 Å². The minimum Gasteiger partial charge on any atom is -0.481 e. The van der Waals surface area contributed by atoms with E-state index in [1.807, 2.05) is 6.92 Å². The van der Waals surface area contributed by atoms with Crippen molar-refractivity contribution in [1.82, 2.24) is 16.0 Å². The molecule has 17 heteroatoms. The molecule has 0 saturated carbocycles. The van der Waals surface area contributed by atoms with Crippen molar-refractivity contribution in [3.8, 4) is 0 Å². The Balaban J connectivity index is 3.68. The Morgan fingerprint density at radius 3 is 1.55 bits per heavy atom. The lowest BCUT2D eigenvalue weighted by Gasteiger charge is -2.14. The minimum absolute atomic E-state index is 0.0229. The molecule has 0 saturated heterocycles. The van der Waals surface area contributed by atoms with Gasteiger partial charge in [0.15, 0.2) is 0 Å². The van der Waals surface area contributed by atoms with Gasteiger partial charge < -0.3 is 50.2 Å². The summed E-state index contributed by atoms with van der Waals surface area (Å²) >= 11 is 0. The fourth-order valence-corrected chi connectivity index (χ4v) is 5.92. The lowest BCUT2D eigenvalue weighted by molar-refractivity contribution is -0.143. The van der Waals surface area contributed by atoms with Crippen LogP contribution in [-0.2, 0) is 52.5 Å². The highest BCUT2D eigenvalue weighted by Crippen LogP contribution is 2.15. The van der Waals surface area contributed by atoms with Gasteiger partial charge in [0.1, 0.15) is 25.0 Å². The van der Waals surface area contributed by atoms with Crippen molar-refractivity contribution < 1.29 is 67.8 Å². The maximum absolute atomic E-state index is 12.3. The Bertz CT molecular complexity index is 1140. The van der Waals surface area contributed by atoms with Gasteiger partial charge in [-0.1, -0.05) is 71.1 Å². The van der Waals surface area contributed by atoms with Crippen LogP contribution in [0.5, 0.6) is 0 Å². The van der Waals surface area contributed by atoms with Crippen molar-refractivity contribution in [3.05, 3.63) is 0 Å². The molecule has 0 aliphatic heterocycles. The van der Waals surface area contributed by atoms with Crippen molar-refractivity contribution in [1.29, 1.82) is 0 Å². The van der Waals surface area contributed by atoms with Crippen molar-refractivity contribution >= 4 is 41.4 Å². The summed E-state index contributed by atoms with van der Waals surface area (Å²) in [5.74, 6) is -4.03. The number of Topliss-reactive ketones (excluding diaryl/α,β-unsaturated/α-hetero) is 1. The molecule has 58 heavy (non-hydrogen) atoms. The lowest BCUT2D eigenvalue weighted by Crippen LogP contribution is -2.41. The first-order valence-electron chi connectivity index (χ1n) is 21.3. The molecule has 0 fully saturated rings. The van der Waals surface area contributed by atoms with Crippen LogP contribution in [-0.4, -0.2) is 129 Å². The predicted molar refractivity (Wildman–Crippen MR) is 215 cm³/mol. The molecule has 0 aliphatic carbocycles. The number of unbranched alkanes of at least 4 members (excludes halogenated alkanes) is 10. The Morgan fingerprint density at radius 1 is 0.466 bits per heavy atom. The number of ether oxygens (including phenoxy) is 4. The highest BCUT2D eigenvalue weighted by molar-refractivity contribution is 5.84. The normalized spacial score (nSPS) is 12.1. The van der Waals surface area contributed by atoms with E-state index in [9.17, 15) is 43.8 Å². The molecule has 17 nitrogen and oxygen atoms in total. The molecule has 2 atom stereocenters. The molecular formula is C41H73N3O14. The second-order valence-electron chi connectivity index (χ2n) is 14.4. The van der Waals surface area contributed by atoms with Crippen molar-refractivity contribution in [3.63, 3.8) is 0 Å². The zero-order valence-electron chi connectivity index (χ0n) is 34.9. The maximum atomic E-state index is 12.3. The van der Waals surface area contributed by atoms with E-state index in [0.29, 0.717) is 45.3 Å². The molecule has 0 aromatic carbocycles. The van der Waals surface area contributed by atoms with Gasteiger partial charge in [0.25, 0.3) is 0 Å². The van der Waals surface area contributed by atoms with E-state index >= 15 is 0 Å². The molecule has 0 rings (SSSR count).